The number of halogens is 1. The van der Waals surface area contributed by atoms with E-state index < -0.39 is 11.8 Å². The molecule has 24 heavy (non-hydrogen) atoms. The molecule has 1 aliphatic rings. The lowest BCUT2D eigenvalue weighted by atomic mass is 10.1. The van der Waals surface area contributed by atoms with Gasteiger partial charge in [0.1, 0.15) is 5.82 Å². The molecule has 0 spiro atoms. The van der Waals surface area contributed by atoms with E-state index in [0.717, 1.165) is 10.5 Å². The molecule has 0 radical (unpaired) electrons. The second-order valence-corrected chi connectivity index (χ2v) is 5.38. The van der Waals surface area contributed by atoms with Gasteiger partial charge in [0.2, 0.25) is 5.91 Å². The number of rotatable bonds is 6. The number of hydrogen-bond acceptors (Lipinski definition) is 5. The number of carbonyl (C=O) groups is 2. The zero-order chi connectivity index (χ0) is 17.1. The molecule has 1 fully saturated rings. The fourth-order valence-corrected chi connectivity index (χ4v) is 2.50. The Bertz CT molecular complexity index is 796. The number of hydrogen-bond donors (Lipinski definition) is 1. The molecule has 126 valence electrons. The predicted octanol–water partition coefficient (Wildman–Crippen LogP) is 0.508. The Kier molecular flexibility index (Phi) is 4.41. The van der Waals surface area contributed by atoms with Crippen LogP contribution in [0, 0.1) is 5.82 Å². The lowest BCUT2D eigenvalue weighted by Gasteiger charge is -2.12. The lowest BCUT2D eigenvalue weighted by Crippen LogP contribution is -2.33. The van der Waals surface area contributed by atoms with E-state index in [4.69, 9.17) is 0 Å². The van der Waals surface area contributed by atoms with Crippen molar-refractivity contribution in [1.29, 1.82) is 0 Å². The summed E-state index contributed by atoms with van der Waals surface area (Å²) in [4.78, 5) is 35.8. The molecule has 1 N–H and O–H groups in total. The van der Waals surface area contributed by atoms with Gasteiger partial charge in [0.15, 0.2) is 5.82 Å². The molecular formula is C15H15FN4O4. The summed E-state index contributed by atoms with van der Waals surface area (Å²) in [6.07, 6.45) is 0.714. The number of carbonyl (C=O) groups excluding carboxylic acids is 2. The molecule has 0 unspecified atom stereocenters. The first-order valence-electron chi connectivity index (χ1n) is 7.42. The number of urea groups is 1. The van der Waals surface area contributed by atoms with Gasteiger partial charge in [-0.25, -0.2) is 14.0 Å². The van der Waals surface area contributed by atoms with E-state index in [1.54, 1.807) is 12.1 Å². The Hall–Kier alpha value is -2.97. The molecule has 2 aromatic rings. The molecule has 1 aliphatic heterocycles. The van der Waals surface area contributed by atoms with Gasteiger partial charge in [-0.3, -0.25) is 18.8 Å². The quantitative estimate of drug-likeness (QED) is 0.776. The molecule has 3 rings (SSSR count). The van der Waals surface area contributed by atoms with Crippen molar-refractivity contribution >= 4 is 11.9 Å². The Balaban J connectivity index is 1.64. The van der Waals surface area contributed by atoms with Crippen molar-refractivity contribution in [3.8, 4) is 0 Å². The van der Waals surface area contributed by atoms with Gasteiger partial charge in [-0.1, -0.05) is 17.3 Å². The number of nitrogens with one attached hydrogen (secondary N) is 1. The van der Waals surface area contributed by atoms with Crippen molar-refractivity contribution in [3.05, 3.63) is 52.0 Å². The monoisotopic (exact) mass is 334 g/mol. The molecule has 8 nitrogen and oxygen atoms in total. The zero-order valence-corrected chi connectivity index (χ0v) is 12.7. The molecule has 2 heterocycles. The zero-order valence-electron chi connectivity index (χ0n) is 12.7. The molecule has 0 atom stereocenters. The van der Waals surface area contributed by atoms with Crippen LogP contribution in [0.3, 0.4) is 0 Å². The SMILES string of the molecule is O=C1CNC(=O)N1CCCn1c(Cc2ccc(F)cc2)noc1=O. The second-order valence-electron chi connectivity index (χ2n) is 5.38. The smallest absolute Gasteiger partial charge is 0.329 e. The summed E-state index contributed by atoms with van der Waals surface area (Å²) in [5, 5.41) is 6.17. The average molecular weight is 334 g/mol. The highest BCUT2D eigenvalue weighted by atomic mass is 19.1. The first-order valence-corrected chi connectivity index (χ1v) is 7.42. The molecule has 9 heteroatoms. The lowest BCUT2D eigenvalue weighted by molar-refractivity contribution is -0.125. The van der Waals surface area contributed by atoms with Crippen LogP contribution < -0.4 is 11.1 Å². The largest absolute Gasteiger partial charge is 0.441 e. The van der Waals surface area contributed by atoms with Crippen LogP contribution in [0.25, 0.3) is 0 Å². The summed E-state index contributed by atoms with van der Waals surface area (Å²) >= 11 is 0. The van der Waals surface area contributed by atoms with E-state index in [9.17, 15) is 18.8 Å². The van der Waals surface area contributed by atoms with E-state index in [1.165, 1.54) is 16.7 Å². The minimum Gasteiger partial charge on any atom is -0.329 e. The van der Waals surface area contributed by atoms with Gasteiger partial charge < -0.3 is 5.32 Å². The molecule has 0 bridgehead atoms. The maximum Gasteiger partial charge on any atom is 0.441 e. The highest BCUT2D eigenvalue weighted by molar-refractivity contribution is 6.01. The van der Waals surface area contributed by atoms with Crippen molar-refractivity contribution in [3.63, 3.8) is 0 Å². The molecular weight excluding hydrogens is 319 g/mol. The highest BCUT2D eigenvalue weighted by Gasteiger charge is 2.27. The van der Waals surface area contributed by atoms with Crippen molar-refractivity contribution in [1.82, 2.24) is 19.9 Å². The van der Waals surface area contributed by atoms with Gasteiger partial charge >= 0.3 is 11.8 Å². The van der Waals surface area contributed by atoms with E-state index in [-0.39, 0.29) is 31.4 Å². The van der Waals surface area contributed by atoms with Crippen LogP contribution >= 0.6 is 0 Å². The Morgan fingerprint density at radius 3 is 2.58 bits per heavy atom. The van der Waals surface area contributed by atoms with Crippen LogP contribution in [0.1, 0.15) is 17.8 Å². The summed E-state index contributed by atoms with van der Waals surface area (Å²) in [7, 11) is 0. The second kappa shape index (κ2) is 6.65. The van der Waals surface area contributed by atoms with E-state index in [0.29, 0.717) is 18.7 Å². The van der Waals surface area contributed by atoms with Crippen LogP contribution in [-0.2, 0) is 17.8 Å². The van der Waals surface area contributed by atoms with Crippen LogP contribution in [0.4, 0.5) is 9.18 Å². The van der Waals surface area contributed by atoms with Crippen molar-refractivity contribution in [2.75, 3.05) is 13.1 Å². The van der Waals surface area contributed by atoms with Gasteiger partial charge in [0.25, 0.3) is 0 Å². The summed E-state index contributed by atoms with van der Waals surface area (Å²) < 4.78 is 19.0. The van der Waals surface area contributed by atoms with Crippen LogP contribution in [0.5, 0.6) is 0 Å². The number of benzene rings is 1. The van der Waals surface area contributed by atoms with Crippen LogP contribution in [-0.4, -0.2) is 39.7 Å². The summed E-state index contributed by atoms with van der Waals surface area (Å²) in [5.74, 6) is -0.831. The van der Waals surface area contributed by atoms with Crippen LogP contribution in [0.15, 0.2) is 33.6 Å². The normalized spacial score (nSPS) is 14.3. The summed E-state index contributed by atoms with van der Waals surface area (Å²) in [6, 6.07) is 5.44. The topological polar surface area (TPSA) is 97.4 Å². The number of nitrogens with zero attached hydrogens (tertiary/aromatic N) is 3. The van der Waals surface area contributed by atoms with E-state index in [2.05, 4.69) is 15.0 Å². The van der Waals surface area contributed by atoms with Crippen molar-refractivity contribution < 1.29 is 18.5 Å². The summed E-state index contributed by atoms with van der Waals surface area (Å²) in [6.45, 7) is 0.468. The van der Waals surface area contributed by atoms with E-state index >= 15 is 0 Å². The first kappa shape index (κ1) is 15.9. The molecule has 1 saturated heterocycles. The Morgan fingerprint density at radius 1 is 1.17 bits per heavy atom. The minimum absolute atomic E-state index is 0.00185. The number of amides is 3. The predicted molar refractivity (Wildman–Crippen MR) is 79.7 cm³/mol. The third kappa shape index (κ3) is 3.34. The summed E-state index contributed by atoms with van der Waals surface area (Å²) in [5.41, 5.74) is 0.785. The number of aromatic nitrogens is 2. The maximum atomic E-state index is 12.9. The van der Waals surface area contributed by atoms with Crippen molar-refractivity contribution in [2.24, 2.45) is 0 Å². The molecule has 1 aromatic carbocycles. The fraction of sp³-hybridized carbons (Fsp3) is 0.333. The van der Waals surface area contributed by atoms with E-state index in [1.807, 2.05) is 0 Å². The van der Waals surface area contributed by atoms with Crippen molar-refractivity contribution in [2.45, 2.75) is 19.4 Å². The Labute approximate surface area is 135 Å². The molecule has 1 aromatic heterocycles. The van der Waals surface area contributed by atoms with Gasteiger partial charge in [-0.05, 0) is 24.1 Å². The minimum atomic E-state index is -0.607. The third-order valence-corrected chi connectivity index (χ3v) is 3.74. The van der Waals surface area contributed by atoms with Gasteiger partial charge in [-0.15, -0.1) is 0 Å². The Morgan fingerprint density at radius 2 is 1.92 bits per heavy atom. The number of imide groups is 1. The van der Waals surface area contributed by atoms with Gasteiger partial charge in [-0.2, -0.15) is 0 Å². The van der Waals surface area contributed by atoms with Gasteiger partial charge in [0, 0.05) is 19.5 Å². The van der Waals surface area contributed by atoms with Crippen LogP contribution in [0.2, 0.25) is 0 Å². The standard InChI is InChI=1S/C15H15FN4O4/c16-11-4-2-10(3-5-11)8-12-18-24-15(23)19(12)6-1-7-20-13(21)9-17-14(20)22/h2-5H,1,6-9H2,(H,17,22). The van der Waals surface area contributed by atoms with Gasteiger partial charge in [0.05, 0.1) is 6.54 Å². The molecule has 0 aliphatic carbocycles. The maximum absolute atomic E-state index is 12.9. The molecule has 3 amide bonds. The fourth-order valence-electron chi connectivity index (χ4n) is 2.50. The third-order valence-electron chi connectivity index (χ3n) is 3.74. The average Bonchev–Trinajstić information content (AvgIpc) is 3.07. The molecule has 0 saturated carbocycles. The first-order chi connectivity index (χ1) is 11.5. The highest BCUT2D eigenvalue weighted by Crippen LogP contribution is 2.09.